The van der Waals surface area contributed by atoms with Crippen LogP contribution in [0, 0.1) is 11.8 Å². The normalized spacial score (nSPS) is 12.5. The summed E-state index contributed by atoms with van der Waals surface area (Å²) >= 11 is 3.33. The molecule has 0 bridgehead atoms. The van der Waals surface area contributed by atoms with Crippen LogP contribution in [0.25, 0.3) is 0 Å². The van der Waals surface area contributed by atoms with E-state index in [-0.39, 0.29) is 6.04 Å². The Balaban J connectivity index is 2.96. The number of hydrogen-bond acceptors (Lipinski definition) is 1. The van der Waals surface area contributed by atoms with Crippen molar-refractivity contribution in [3.8, 4) is 0 Å². The van der Waals surface area contributed by atoms with E-state index in [1.54, 1.807) is 0 Å². The minimum Gasteiger partial charge on any atom is -0.381 e. The molecule has 21 heavy (non-hydrogen) atoms. The van der Waals surface area contributed by atoms with Crippen LogP contribution >= 0.6 is 15.9 Å². The quantitative estimate of drug-likeness (QED) is 0.619. The highest BCUT2D eigenvalue weighted by Crippen LogP contribution is 2.34. The maximum atomic E-state index is 12.8. The number of nitrogens with one attached hydrogen (secondary N) is 1. The lowest BCUT2D eigenvalue weighted by atomic mass is 9.95. The topological polar surface area (TPSA) is 12.0 Å². The summed E-state index contributed by atoms with van der Waals surface area (Å²) in [6.07, 6.45) is -2.45. The number of halogens is 4. The molecular formula is C16H23BrF3N. The SMILES string of the molecule is CC(C)CC(CC(C)C)Nc1cc(C(F)(F)F)ccc1Br. The summed E-state index contributed by atoms with van der Waals surface area (Å²) in [5, 5.41) is 3.28. The first kappa shape index (κ1) is 18.3. The van der Waals surface area contributed by atoms with Gasteiger partial charge in [-0.1, -0.05) is 27.7 Å². The van der Waals surface area contributed by atoms with Crippen LogP contribution in [-0.2, 0) is 6.18 Å². The monoisotopic (exact) mass is 365 g/mol. The molecule has 0 heterocycles. The van der Waals surface area contributed by atoms with Gasteiger partial charge in [0, 0.05) is 16.2 Å². The molecule has 1 N–H and O–H groups in total. The predicted octanol–water partition coefficient (Wildman–Crippen LogP) is 6.34. The molecule has 0 aliphatic heterocycles. The van der Waals surface area contributed by atoms with E-state index in [9.17, 15) is 13.2 Å². The second-order valence-electron chi connectivity index (χ2n) is 6.29. The highest BCUT2D eigenvalue weighted by molar-refractivity contribution is 9.10. The van der Waals surface area contributed by atoms with Crippen LogP contribution in [-0.4, -0.2) is 6.04 Å². The molecule has 1 rings (SSSR count). The third-order valence-electron chi connectivity index (χ3n) is 3.17. The van der Waals surface area contributed by atoms with Gasteiger partial charge in [-0.15, -0.1) is 0 Å². The van der Waals surface area contributed by atoms with Gasteiger partial charge in [0.1, 0.15) is 0 Å². The average molecular weight is 366 g/mol. The molecule has 1 nitrogen and oxygen atoms in total. The van der Waals surface area contributed by atoms with Crippen molar-refractivity contribution in [3.63, 3.8) is 0 Å². The Labute approximate surface area is 133 Å². The fraction of sp³-hybridized carbons (Fsp3) is 0.625. The number of alkyl halides is 3. The number of rotatable bonds is 6. The summed E-state index contributed by atoms with van der Waals surface area (Å²) in [5.74, 6) is 0.983. The van der Waals surface area contributed by atoms with Gasteiger partial charge in [-0.2, -0.15) is 13.2 Å². The van der Waals surface area contributed by atoms with Crippen LogP contribution in [0.2, 0.25) is 0 Å². The summed E-state index contributed by atoms with van der Waals surface area (Å²) in [4.78, 5) is 0. The van der Waals surface area contributed by atoms with Crippen molar-refractivity contribution in [2.45, 2.75) is 52.8 Å². The average Bonchev–Trinajstić information content (AvgIpc) is 2.28. The molecule has 0 saturated carbocycles. The summed E-state index contributed by atoms with van der Waals surface area (Å²) in [7, 11) is 0. The van der Waals surface area contributed by atoms with Crippen molar-refractivity contribution in [2.75, 3.05) is 5.32 Å². The van der Waals surface area contributed by atoms with E-state index in [2.05, 4.69) is 48.9 Å². The van der Waals surface area contributed by atoms with Crippen LogP contribution in [0.4, 0.5) is 18.9 Å². The molecule has 0 aliphatic rings. The first-order valence-corrected chi connectivity index (χ1v) is 8.02. The summed E-state index contributed by atoms with van der Waals surface area (Å²) in [6.45, 7) is 8.48. The van der Waals surface area contributed by atoms with Gasteiger partial charge >= 0.3 is 6.18 Å². The molecule has 0 fully saturated rings. The fourth-order valence-corrected chi connectivity index (χ4v) is 2.75. The molecule has 0 atom stereocenters. The largest absolute Gasteiger partial charge is 0.416 e. The minimum atomic E-state index is -4.32. The smallest absolute Gasteiger partial charge is 0.381 e. The van der Waals surface area contributed by atoms with Crippen molar-refractivity contribution in [1.82, 2.24) is 0 Å². The van der Waals surface area contributed by atoms with E-state index in [1.807, 2.05) is 0 Å². The Bertz CT molecular complexity index is 445. The lowest BCUT2D eigenvalue weighted by molar-refractivity contribution is -0.137. The fourth-order valence-electron chi connectivity index (χ4n) is 2.38. The highest BCUT2D eigenvalue weighted by Gasteiger charge is 2.31. The van der Waals surface area contributed by atoms with Crippen molar-refractivity contribution < 1.29 is 13.2 Å². The number of anilines is 1. The van der Waals surface area contributed by atoms with Gasteiger partial charge in [-0.3, -0.25) is 0 Å². The molecule has 120 valence electrons. The Hall–Kier alpha value is -0.710. The van der Waals surface area contributed by atoms with Crippen LogP contribution in [0.3, 0.4) is 0 Å². The zero-order valence-electron chi connectivity index (χ0n) is 12.9. The Morgan fingerprint density at radius 2 is 1.57 bits per heavy atom. The third-order valence-corrected chi connectivity index (χ3v) is 3.86. The zero-order chi connectivity index (χ0) is 16.2. The predicted molar refractivity (Wildman–Crippen MR) is 85.5 cm³/mol. The standard InChI is InChI=1S/C16H23BrF3N/c1-10(2)7-13(8-11(3)4)21-15-9-12(16(18,19)20)5-6-14(15)17/h5-6,9-11,13,21H,7-8H2,1-4H3. The Kier molecular flexibility index (Phi) is 6.57. The van der Waals surface area contributed by atoms with Gasteiger partial charge in [-0.05, 0) is 58.8 Å². The Morgan fingerprint density at radius 1 is 1.05 bits per heavy atom. The molecule has 0 radical (unpaired) electrons. The van der Waals surface area contributed by atoms with E-state index in [0.717, 1.165) is 18.9 Å². The van der Waals surface area contributed by atoms with Crippen molar-refractivity contribution in [1.29, 1.82) is 0 Å². The van der Waals surface area contributed by atoms with Gasteiger partial charge < -0.3 is 5.32 Å². The lowest BCUT2D eigenvalue weighted by Crippen LogP contribution is -2.24. The molecule has 0 amide bonds. The molecule has 0 aliphatic carbocycles. The van der Waals surface area contributed by atoms with Crippen molar-refractivity contribution in [3.05, 3.63) is 28.2 Å². The maximum Gasteiger partial charge on any atom is 0.416 e. The number of benzene rings is 1. The molecular weight excluding hydrogens is 343 g/mol. The molecule has 1 aromatic rings. The summed E-state index contributed by atoms with van der Waals surface area (Å²) < 4.78 is 39.1. The van der Waals surface area contributed by atoms with Gasteiger partial charge in [0.15, 0.2) is 0 Å². The third kappa shape index (κ3) is 6.29. The van der Waals surface area contributed by atoms with Crippen LogP contribution in [0.15, 0.2) is 22.7 Å². The van der Waals surface area contributed by atoms with Gasteiger partial charge in [0.25, 0.3) is 0 Å². The van der Waals surface area contributed by atoms with E-state index in [1.165, 1.54) is 12.1 Å². The van der Waals surface area contributed by atoms with Crippen LogP contribution < -0.4 is 5.32 Å². The van der Waals surface area contributed by atoms with Gasteiger partial charge in [0.05, 0.1) is 5.56 Å². The van der Waals surface area contributed by atoms with Gasteiger partial charge in [-0.25, -0.2) is 0 Å². The summed E-state index contributed by atoms with van der Waals surface area (Å²) in [5.41, 5.74) is -0.114. The first-order valence-electron chi connectivity index (χ1n) is 7.23. The molecule has 0 spiro atoms. The maximum absolute atomic E-state index is 12.8. The van der Waals surface area contributed by atoms with E-state index >= 15 is 0 Å². The Morgan fingerprint density at radius 3 is 2.00 bits per heavy atom. The van der Waals surface area contributed by atoms with Crippen LogP contribution in [0.5, 0.6) is 0 Å². The van der Waals surface area contributed by atoms with Crippen molar-refractivity contribution in [2.24, 2.45) is 11.8 Å². The molecule has 1 aromatic carbocycles. The second-order valence-corrected chi connectivity index (χ2v) is 7.15. The van der Waals surface area contributed by atoms with E-state index < -0.39 is 11.7 Å². The lowest BCUT2D eigenvalue weighted by Gasteiger charge is -2.24. The molecule has 0 aromatic heterocycles. The van der Waals surface area contributed by atoms with E-state index in [0.29, 0.717) is 22.0 Å². The minimum absolute atomic E-state index is 0.171. The molecule has 0 unspecified atom stereocenters. The second kappa shape index (κ2) is 7.52. The first-order chi connectivity index (χ1) is 9.59. The van der Waals surface area contributed by atoms with Crippen molar-refractivity contribution >= 4 is 21.6 Å². The zero-order valence-corrected chi connectivity index (χ0v) is 14.5. The molecule has 0 saturated heterocycles. The van der Waals surface area contributed by atoms with Gasteiger partial charge in [0.2, 0.25) is 0 Å². The van der Waals surface area contributed by atoms with E-state index in [4.69, 9.17) is 0 Å². The highest BCUT2D eigenvalue weighted by atomic mass is 79.9. The number of hydrogen-bond donors (Lipinski definition) is 1. The van der Waals surface area contributed by atoms with Crippen LogP contribution in [0.1, 0.15) is 46.1 Å². The molecule has 5 heteroatoms. The summed E-state index contributed by atoms with van der Waals surface area (Å²) in [6, 6.07) is 3.89.